The molecule has 2 nitrogen and oxygen atoms in total. The van der Waals surface area contributed by atoms with Gasteiger partial charge in [0.05, 0.1) is 17.0 Å². The van der Waals surface area contributed by atoms with Gasteiger partial charge in [0.1, 0.15) is 5.75 Å². The van der Waals surface area contributed by atoms with Gasteiger partial charge < -0.3 is 4.74 Å². The molecule has 1 heterocycles. The first-order chi connectivity index (χ1) is 8.27. The summed E-state index contributed by atoms with van der Waals surface area (Å²) in [6.07, 6.45) is 0.710. The van der Waals surface area contributed by atoms with E-state index in [-0.39, 0.29) is 10.6 Å². The number of alkyl halides is 1. The van der Waals surface area contributed by atoms with E-state index in [1.165, 1.54) is 0 Å². The minimum absolute atomic E-state index is 0.114. The van der Waals surface area contributed by atoms with Crippen molar-refractivity contribution in [2.24, 2.45) is 0 Å². The lowest BCUT2D eigenvalue weighted by molar-refractivity contribution is 0.0991. The van der Waals surface area contributed by atoms with Crippen LogP contribution in [0.2, 0.25) is 0 Å². The van der Waals surface area contributed by atoms with E-state index < -0.39 is 0 Å². The molecule has 1 aliphatic rings. The van der Waals surface area contributed by atoms with E-state index in [0.717, 1.165) is 16.5 Å². The monoisotopic (exact) mass is 290 g/mol. The summed E-state index contributed by atoms with van der Waals surface area (Å²) >= 11 is 3.41. The summed E-state index contributed by atoms with van der Waals surface area (Å²) in [7, 11) is 0. The lowest BCUT2D eigenvalue weighted by Gasteiger charge is -2.09. The van der Waals surface area contributed by atoms with Crippen molar-refractivity contribution in [3.63, 3.8) is 0 Å². The van der Waals surface area contributed by atoms with Crippen LogP contribution in [0.25, 0.3) is 10.8 Å². The largest absolute Gasteiger partial charge is 0.492 e. The molecular formula is C14H11BrO2. The van der Waals surface area contributed by atoms with Gasteiger partial charge >= 0.3 is 0 Å². The standard InChI is InChI=1S/C14H11BrO2/c15-12-7-8-17-14-10-4-2-1-3-9(10)5-6-11(14)13(12)16/h1-6,12H,7-8H2. The van der Waals surface area contributed by atoms with Crippen molar-refractivity contribution < 1.29 is 9.53 Å². The summed E-state index contributed by atoms with van der Waals surface area (Å²) in [5.74, 6) is 0.846. The Bertz CT molecular complexity index is 592. The molecule has 0 spiro atoms. The van der Waals surface area contributed by atoms with Crippen molar-refractivity contribution in [1.82, 2.24) is 0 Å². The van der Waals surface area contributed by atoms with Crippen LogP contribution in [-0.2, 0) is 0 Å². The highest BCUT2D eigenvalue weighted by Crippen LogP contribution is 2.34. The van der Waals surface area contributed by atoms with Crippen LogP contribution in [0, 0.1) is 0 Å². The van der Waals surface area contributed by atoms with Gasteiger partial charge in [-0.15, -0.1) is 0 Å². The minimum Gasteiger partial charge on any atom is -0.492 e. The Morgan fingerprint density at radius 1 is 1.18 bits per heavy atom. The molecule has 0 aromatic heterocycles. The van der Waals surface area contributed by atoms with Crippen LogP contribution in [0.15, 0.2) is 36.4 Å². The highest BCUT2D eigenvalue weighted by atomic mass is 79.9. The van der Waals surface area contributed by atoms with Gasteiger partial charge in [-0.05, 0) is 11.5 Å². The molecule has 0 N–H and O–H groups in total. The SMILES string of the molecule is O=C1c2ccc3ccccc3c2OCCC1Br. The van der Waals surface area contributed by atoms with Gasteiger partial charge in [-0.25, -0.2) is 0 Å². The van der Waals surface area contributed by atoms with Crippen LogP contribution < -0.4 is 4.74 Å². The Balaban J connectivity index is 2.29. The van der Waals surface area contributed by atoms with Crippen LogP contribution in [-0.4, -0.2) is 17.2 Å². The van der Waals surface area contributed by atoms with E-state index >= 15 is 0 Å². The summed E-state index contributed by atoms with van der Waals surface area (Å²) in [4.78, 5) is 12.0. The molecule has 0 amide bonds. The third-order valence-electron chi connectivity index (χ3n) is 3.05. The molecule has 0 fully saturated rings. The molecule has 1 aliphatic heterocycles. The molecule has 0 bridgehead atoms. The lowest BCUT2D eigenvalue weighted by atomic mass is 10.0. The summed E-state index contributed by atoms with van der Waals surface area (Å²) in [6, 6.07) is 11.8. The fourth-order valence-corrected chi connectivity index (χ4v) is 2.59. The van der Waals surface area contributed by atoms with Crippen LogP contribution in [0.4, 0.5) is 0 Å². The van der Waals surface area contributed by atoms with E-state index in [4.69, 9.17) is 4.74 Å². The molecule has 0 saturated heterocycles. The van der Waals surface area contributed by atoms with E-state index in [2.05, 4.69) is 15.9 Å². The fourth-order valence-electron chi connectivity index (χ4n) is 2.16. The maximum Gasteiger partial charge on any atom is 0.180 e. The smallest absolute Gasteiger partial charge is 0.180 e. The highest BCUT2D eigenvalue weighted by molar-refractivity contribution is 9.10. The minimum atomic E-state index is -0.134. The number of hydrogen-bond acceptors (Lipinski definition) is 2. The molecule has 3 heteroatoms. The first-order valence-electron chi connectivity index (χ1n) is 5.60. The molecule has 2 aromatic carbocycles. The zero-order chi connectivity index (χ0) is 11.8. The van der Waals surface area contributed by atoms with Crippen molar-refractivity contribution in [2.45, 2.75) is 11.2 Å². The molecule has 0 radical (unpaired) electrons. The average Bonchev–Trinajstić information content (AvgIpc) is 2.51. The molecule has 0 aliphatic carbocycles. The second-order valence-electron chi connectivity index (χ2n) is 4.13. The second kappa shape index (κ2) is 4.15. The van der Waals surface area contributed by atoms with Crippen molar-refractivity contribution in [2.75, 3.05) is 6.61 Å². The van der Waals surface area contributed by atoms with E-state index in [1.54, 1.807) is 0 Å². The van der Waals surface area contributed by atoms with Crippen LogP contribution >= 0.6 is 15.9 Å². The number of benzene rings is 2. The zero-order valence-corrected chi connectivity index (χ0v) is 10.7. The summed E-state index contributed by atoms with van der Waals surface area (Å²) < 4.78 is 5.75. The highest BCUT2D eigenvalue weighted by Gasteiger charge is 2.25. The zero-order valence-electron chi connectivity index (χ0n) is 9.15. The molecule has 17 heavy (non-hydrogen) atoms. The third kappa shape index (κ3) is 1.75. The Labute approximate surface area is 108 Å². The van der Waals surface area contributed by atoms with Crippen molar-refractivity contribution in [3.8, 4) is 5.75 Å². The quantitative estimate of drug-likeness (QED) is 0.694. The summed E-state index contributed by atoms with van der Waals surface area (Å²) in [6.45, 7) is 0.572. The van der Waals surface area contributed by atoms with Gasteiger partial charge in [-0.1, -0.05) is 46.3 Å². The predicted octanol–water partition coefficient (Wildman–Crippen LogP) is 3.57. The average molecular weight is 291 g/mol. The number of Topliss-reactive ketones (excluding diaryl/α,β-unsaturated/α-hetero) is 1. The Morgan fingerprint density at radius 3 is 2.88 bits per heavy atom. The first kappa shape index (κ1) is 10.8. The number of carbonyl (C=O) groups excluding carboxylic acids is 1. The number of rotatable bonds is 0. The van der Waals surface area contributed by atoms with Crippen molar-refractivity contribution in [1.29, 1.82) is 0 Å². The summed E-state index contributed by atoms with van der Waals surface area (Å²) in [5.41, 5.74) is 0.683. The number of hydrogen-bond donors (Lipinski definition) is 0. The Morgan fingerprint density at radius 2 is 2.00 bits per heavy atom. The molecule has 86 valence electrons. The lowest BCUT2D eigenvalue weighted by Crippen LogP contribution is -2.12. The Kier molecular flexibility index (Phi) is 2.63. The van der Waals surface area contributed by atoms with Gasteiger partial charge in [-0.2, -0.15) is 0 Å². The van der Waals surface area contributed by atoms with Crippen molar-refractivity contribution in [3.05, 3.63) is 42.0 Å². The molecular weight excluding hydrogens is 280 g/mol. The maximum absolute atomic E-state index is 12.2. The van der Waals surface area contributed by atoms with Gasteiger partial charge in [0.25, 0.3) is 0 Å². The number of fused-ring (bicyclic) bond motifs is 3. The number of carbonyl (C=O) groups is 1. The normalized spacial score (nSPS) is 19.6. The third-order valence-corrected chi connectivity index (χ3v) is 3.92. The Hall–Kier alpha value is -1.35. The van der Waals surface area contributed by atoms with Gasteiger partial charge in [0, 0.05) is 11.8 Å². The fraction of sp³-hybridized carbons (Fsp3) is 0.214. The van der Waals surface area contributed by atoms with E-state index in [9.17, 15) is 4.79 Å². The molecule has 1 unspecified atom stereocenters. The topological polar surface area (TPSA) is 26.3 Å². The predicted molar refractivity (Wildman–Crippen MR) is 71.1 cm³/mol. The number of halogens is 1. The van der Waals surface area contributed by atoms with Crippen molar-refractivity contribution >= 4 is 32.5 Å². The number of ketones is 1. The molecule has 1 atom stereocenters. The molecule has 2 aromatic rings. The van der Waals surface area contributed by atoms with Crippen LogP contribution in [0.1, 0.15) is 16.8 Å². The first-order valence-corrected chi connectivity index (χ1v) is 6.52. The van der Waals surface area contributed by atoms with E-state index in [0.29, 0.717) is 18.6 Å². The van der Waals surface area contributed by atoms with Gasteiger partial charge in [0.2, 0.25) is 0 Å². The van der Waals surface area contributed by atoms with Gasteiger partial charge in [0.15, 0.2) is 5.78 Å². The van der Waals surface area contributed by atoms with E-state index in [1.807, 2.05) is 36.4 Å². The van der Waals surface area contributed by atoms with Crippen LogP contribution in [0.5, 0.6) is 5.75 Å². The summed E-state index contributed by atoms with van der Waals surface area (Å²) in [5, 5.41) is 2.12. The second-order valence-corrected chi connectivity index (χ2v) is 5.24. The number of ether oxygens (including phenoxy) is 1. The van der Waals surface area contributed by atoms with Gasteiger partial charge in [-0.3, -0.25) is 4.79 Å². The maximum atomic E-state index is 12.2. The molecule has 0 saturated carbocycles. The molecule has 3 rings (SSSR count). The van der Waals surface area contributed by atoms with Crippen LogP contribution in [0.3, 0.4) is 0 Å².